The highest BCUT2D eigenvalue weighted by molar-refractivity contribution is 7.99. The fourth-order valence-corrected chi connectivity index (χ4v) is 5.63. The number of aromatic nitrogens is 3. The first-order valence-corrected chi connectivity index (χ1v) is 12.5. The zero-order valence-corrected chi connectivity index (χ0v) is 20.3. The maximum Gasteiger partial charge on any atom is 0.348 e. The van der Waals surface area contributed by atoms with Gasteiger partial charge in [0.1, 0.15) is 15.7 Å². The van der Waals surface area contributed by atoms with E-state index in [0.717, 1.165) is 49.5 Å². The Morgan fingerprint density at radius 2 is 1.94 bits per heavy atom. The molecule has 0 spiro atoms. The van der Waals surface area contributed by atoms with Crippen molar-refractivity contribution in [3.8, 4) is 0 Å². The third kappa shape index (κ3) is 5.22. The molecule has 0 aromatic carbocycles. The third-order valence-corrected chi connectivity index (χ3v) is 7.74. The van der Waals surface area contributed by atoms with Crippen LogP contribution in [0.25, 0.3) is 0 Å². The number of amides is 1. The van der Waals surface area contributed by atoms with Crippen LogP contribution in [-0.4, -0.2) is 65.3 Å². The molecule has 1 amide bonds. The number of ether oxygens (including phenoxy) is 3. The van der Waals surface area contributed by atoms with E-state index >= 15 is 0 Å². The second kappa shape index (κ2) is 10.2. The van der Waals surface area contributed by atoms with E-state index in [2.05, 4.69) is 20.1 Å². The number of methoxy groups -OCH3 is 2. The molecule has 2 aromatic rings. The number of nitrogens with zero attached hydrogens (tertiary/aromatic N) is 3. The number of thioether (sulfide) groups is 1. The number of thiophene rings is 1. The Bertz CT molecular complexity index is 1060. The van der Waals surface area contributed by atoms with Gasteiger partial charge in [-0.2, -0.15) is 0 Å². The molecule has 1 aliphatic heterocycles. The Morgan fingerprint density at radius 3 is 2.58 bits per heavy atom. The molecule has 178 valence electrons. The lowest BCUT2D eigenvalue weighted by Crippen LogP contribution is -2.19. The molecule has 3 heterocycles. The molecule has 2 aromatic heterocycles. The normalized spacial score (nSPS) is 17.7. The molecule has 1 unspecified atom stereocenters. The van der Waals surface area contributed by atoms with Crippen LogP contribution < -0.4 is 5.32 Å². The van der Waals surface area contributed by atoms with Crippen LogP contribution in [-0.2, 0) is 25.5 Å². The Kier molecular flexibility index (Phi) is 7.35. The average molecular weight is 495 g/mol. The molecule has 2 aliphatic rings. The van der Waals surface area contributed by atoms with Gasteiger partial charge in [-0.15, -0.1) is 21.5 Å². The van der Waals surface area contributed by atoms with E-state index in [1.54, 1.807) is 6.92 Å². The minimum atomic E-state index is -0.632. The van der Waals surface area contributed by atoms with Gasteiger partial charge in [0.2, 0.25) is 5.91 Å². The van der Waals surface area contributed by atoms with Crippen molar-refractivity contribution in [1.29, 1.82) is 0 Å². The number of carbonyl (C=O) groups excluding carboxylic acids is 3. The van der Waals surface area contributed by atoms with Gasteiger partial charge in [0.25, 0.3) is 0 Å². The summed E-state index contributed by atoms with van der Waals surface area (Å²) in [5.74, 6) is -0.0880. The van der Waals surface area contributed by atoms with Crippen LogP contribution >= 0.6 is 23.1 Å². The Hall–Kier alpha value is -2.44. The molecule has 0 radical (unpaired) electrons. The lowest BCUT2D eigenvalue weighted by atomic mass is 10.1. The van der Waals surface area contributed by atoms with Gasteiger partial charge in [-0.25, -0.2) is 9.59 Å². The first kappa shape index (κ1) is 23.7. The van der Waals surface area contributed by atoms with Crippen LogP contribution in [0.15, 0.2) is 5.16 Å². The van der Waals surface area contributed by atoms with Crippen molar-refractivity contribution < 1.29 is 28.6 Å². The summed E-state index contributed by atoms with van der Waals surface area (Å²) < 4.78 is 17.5. The van der Waals surface area contributed by atoms with Gasteiger partial charge in [-0.05, 0) is 38.2 Å². The second-order valence-corrected chi connectivity index (χ2v) is 9.90. The van der Waals surface area contributed by atoms with E-state index in [1.807, 2.05) is 0 Å². The Balaban J connectivity index is 1.47. The molecule has 1 saturated carbocycles. The number of anilines is 1. The summed E-state index contributed by atoms with van der Waals surface area (Å²) in [6, 6.07) is 0. The molecule has 12 heteroatoms. The van der Waals surface area contributed by atoms with Crippen molar-refractivity contribution in [2.24, 2.45) is 0 Å². The van der Waals surface area contributed by atoms with Gasteiger partial charge in [0, 0.05) is 12.5 Å². The molecule has 10 nitrogen and oxygen atoms in total. The minimum absolute atomic E-state index is 0.0689. The van der Waals surface area contributed by atoms with Crippen molar-refractivity contribution in [1.82, 2.24) is 14.8 Å². The largest absolute Gasteiger partial charge is 0.465 e. The molecule has 2 fully saturated rings. The van der Waals surface area contributed by atoms with Crippen molar-refractivity contribution >= 4 is 45.9 Å². The van der Waals surface area contributed by atoms with E-state index in [-0.39, 0.29) is 33.2 Å². The van der Waals surface area contributed by atoms with E-state index in [4.69, 9.17) is 14.2 Å². The highest BCUT2D eigenvalue weighted by Crippen LogP contribution is 2.40. The second-order valence-electron chi connectivity index (χ2n) is 7.94. The summed E-state index contributed by atoms with van der Waals surface area (Å²) in [4.78, 5) is 37.3. The lowest BCUT2D eigenvalue weighted by Gasteiger charge is -2.14. The smallest absolute Gasteiger partial charge is 0.348 e. The van der Waals surface area contributed by atoms with Crippen molar-refractivity contribution in [3.63, 3.8) is 0 Å². The van der Waals surface area contributed by atoms with E-state index < -0.39 is 11.9 Å². The molecule has 1 aliphatic carbocycles. The summed E-state index contributed by atoms with van der Waals surface area (Å²) >= 11 is 2.27. The van der Waals surface area contributed by atoms with Crippen molar-refractivity contribution in [2.75, 3.05) is 31.9 Å². The molecule has 1 saturated heterocycles. The monoisotopic (exact) mass is 494 g/mol. The Morgan fingerprint density at radius 1 is 1.18 bits per heavy atom. The fourth-order valence-electron chi connectivity index (χ4n) is 3.74. The minimum Gasteiger partial charge on any atom is -0.465 e. The number of carbonyl (C=O) groups is 3. The van der Waals surface area contributed by atoms with Gasteiger partial charge in [-0.1, -0.05) is 11.8 Å². The molecule has 0 bridgehead atoms. The van der Waals surface area contributed by atoms with Crippen LogP contribution in [0.4, 0.5) is 5.00 Å². The SMILES string of the molecule is COC(=O)c1sc(NC(=O)CSc2nnc(C3CC3)n2CC2CCCO2)c(C(=O)OC)c1C. The van der Waals surface area contributed by atoms with E-state index in [9.17, 15) is 14.4 Å². The third-order valence-electron chi connectivity index (χ3n) is 5.59. The number of esters is 2. The highest BCUT2D eigenvalue weighted by atomic mass is 32.2. The summed E-state index contributed by atoms with van der Waals surface area (Å²) in [5, 5.41) is 12.4. The summed E-state index contributed by atoms with van der Waals surface area (Å²) in [7, 11) is 2.51. The van der Waals surface area contributed by atoms with Crippen LogP contribution in [0.1, 0.15) is 63.0 Å². The maximum absolute atomic E-state index is 12.7. The van der Waals surface area contributed by atoms with Gasteiger partial charge in [0.05, 0.1) is 38.2 Å². The number of hydrogen-bond donors (Lipinski definition) is 1. The number of hydrogen-bond acceptors (Lipinski definition) is 10. The van der Waals surface area contributed by atoms with Crippen LogP contribution in [0.2, 0.25) is 0 Å². The van der Waals surface area contributed by atoms with Crippen LogP contribution in [0.5, 0.6) is 0 Å². The number of rotatable bonds is 9. The molecule has 1 atom stereocenters. The lowest BCUT2D eigenvalue weighted by molar-refractivity contribution is -0.113. The topological polar surface area (TPSA) is 122 Å². The zero-order chi connectivity index (χ0) is 23.5. The maximum atomic E-state index is 12.7. The quantitative estimate of drug-likeness (QED) is 0.414. The molecule has 4 rings (SSSR count). The Labute approximate surface area is 199 Å². The predicted octanol–water partition coefficient (Wildman–Crippen LogP) is 3.01. The van der Waals surface area contributed by atoms with Gasteiger partial charge < -0.3 is 24.1 Å². The van der Waals surface area contributed by atoms with Crippen molar-refractivity contribution in [2.45, 2.75) is 56.3 Å². The van der Waals surface area contributed by atoms with Crippen molar-refractivity contribution in [3.05, 3.63) is 21.8 Å². The fraction of sp³-hybridized carbons (Fsp3) is 0.571. The number of nitrogens with one attached hydrogen (secondary N) is 1. The summed E-state index contributed by atoms with van der Waals surface area (Å²) in [6.45, 7) is 3.07. The van der Waals surface area contributed by atoms with Crippen LogP contribution in [0.3, 0.4) is 0 Å². The molecular formula is C21H26N4O6S2. The highest BCUT2D eigenvalue weighted by Gasteiger charge is 2.32. The standard InChI is InChI=1S/C21H26N4O6S2/c1-11-15(19(27)29-2)18(33-16(11)20(28)30-3)22-14(26)10-32-21-24-23-17(12-6-7-12)25(21)9-13-5-4-8-31-13/h12-13H,4-10H2,1-3H3,(H,22,26). The summed E-state index contributed by atoms with van der Waals surface area (Å²) in [6.07, 6.45) is 4.40. The molecule has 33 heavy (non-hydrogen) atoms. The summed E-state index contributed by atoms with van der Waals surface area (Å²) in [5.41, 5.74) is 0.561. The van der Waals surface area contributed by atoms with Gasteiger partial charge in [-0.3, -0.25) is 4.79 Å². The van der Waals surface area contributed by atoms with E-state index in [0.29, 0.717) is 23.2 Å². The first-order valence-electron chi connectivity index (χ1n) is 10.7. The first-order chi connectivity index (χ1) is 15.9. The molecular weight excluding hydrogens is 468 g/mol. The zero-order valence-electron chi connectivity index (χ0n) is 18.7. The van der Waals surface area contributed by atoms with Gasteiger partial charge in [0.15, 0.2) is 5.16 Å². The molecule has 1 N–H and O–H groups in total. The average Bonchev–Trinajstić information content (AvgIpc) is 3.22. The predicted molar refractivity (Wildman–Crippen MR) is 122 cm³/mol. The van der Waals surface area contributed by atoms with Crippen LogP contribution in [0, 0.1) is 6.92 Å². The van der Waals surface area contributed by atoms with Gasteiger partial charge >= 0.3 is 11.9 Å². The van der Waals surface area contributed by atoms with E-state index in [1.165, 1.54) is 26.0 Å².